The van der Waals surface area contributed by atoms with Gasteiger partial charge in [0, 0.05) is 27.3 Å². The first-order chi connectivity index (χ1) is 20.2. The lowest BCUT2D eigenvalue weighted by molar-refractivity contribution is -0.0798. The first-order valence-electron chi connectivity index (χ1n) is 15.0. The van der Waals surface area contributed by atoms with Gasteiger partial charge in [0.2, 0.25) is 5.82 Å². The Labute approximate surface area is 255 Å². The molecule has 2 aromatic rings. The molecule has 0 saturated heterocycles. The predicted octanol–water partition coefficient (Wildman–Crippen LogP) is 6.17. The van der Waals surface area contributed by atoms with Gasteiger partial charge in [-0.3, -0.25) is 4.79 Å². The maximum atomic E-state index is 13.6. The number of pyridine rings is 1. The number of aromatic nitrogens is 3. The Morgan fingerprint density at radius 1 is 1.21 bits per heavy atom. The van der Waals surface area contributed by atoms with E-state index < -0.39 is 25.2 Å². The monoisotopic (exact) mass is 601 g/mol. The molecule has 9 nitrogen and oxygen atoms in total. The van der Waals surface area contributed by atoms with Crippen LogP contribution in [0.4, 0.5) is 5.69 Å². The Hall–Kier alpha value is -3.36. The Kier molecular flexibility index (Phi) is 8.40. The highest BCUT2D eigenvalue weighted by Crippen LogP contribution is 2.45. The number of nitriles is 1. The van der Waals surface area contributed by atoms with Crippen LogP contribution < -0.4 is 5.32 Å². The fraction of sp³-hybridized carbons (Fsp3) is 0.515. The smallest absolute Gasteiger partial charge is 0.291 e. The summed E-state index contributed by atoms with van der Waals surface area (Å²) < 4.78 is 13.6. The maximum Gasteiger partial charge on any atom is 0.291 e. The minimum atomic E-state index is -1.27. The zero-order valence-electron chi connectivity index (χ0n) is 26.2. The van der Waals surface area contributed by atoms with Gasteiger partial charge in [-0.1, -0.05) is 45.6 Å². The fourth-order valence-electron chi connectivity index (χ4n) is 5.76. The molecule has 3 aliphatic rings. The lowest BCUT2D eigenvalue weighted by Gasteiger charge is -2.36. The molecule has 2 atom stereocenters. The fourth-order valence-corrected chi connectivity index (χ4v) is 6.51. The standard InChI is InChI=1S/C33H43N5O4Si/c1-31(2)11-9-23(10-12-31)28-27(8-7-26(36-28)24-17-32(3)13-14-33(18-24,21-39)42-32)37-30(40)29-35-25(19-34)20-38(29)22-41-15-16-43(4,5)6/h7-9,13-14,18,20,39H,10-12,15-17,21-22H2,1-6H3,(H,37,40). The SMILES string of the molecule is CC1(C)CC=C(c2nc(C3=CC4(CO)C=CC(C)(C3)O4)ccc2NC(=O)c2nc(C#N)cn2COCC[Si](C)(C)C)CC1. The molecule has 2 N–H and O–H groups in total. The van der Waals surface area contributed by atoms with E-state index >= 15 is 0 Å². The van der Waals surface area contributed by atoms with Crippen molar-refractivity contribution in [2.75, 3.05) is 18.5 Å². The summed E-state index contributed by atoms with van der Waals surface area (Å²) >= 11 is 0. The number of nitrogens with zero attached hydrogens (tertiary/aromatic N) is 4. The molecule has 1 amide bonds. The molecule has 0 spiro atoms. The van der Waals surface area contributed by atoms with Gasteiger partial charge in [0.1, 0.15) is 18.4 Å². The molecule has 2 unspecified atom stereocenters. The summed E-state index contributed by atoms with van der Waals surface area (Å²) in [5.74, 6) is -0.312. The van der Waals surface area contributed by atoms with Gasteiger partial charge in [-0.05, 0) is 73.1 Å². The Morgan fingerprint density at radius 2 is 2.00 bits per heavy atom. The van der Waals surface area contributed by atoms with Crippen molar-refractivity contribution in [1.29, 1.82) is 5.26 Å². The van der Waals surface area contributed by atoms with Crippen molar-refractivity contribution in [3.63, 3.8) is 0 Å². The number of fused-ring (bicyclic) bond motifs is 2. The summed E-state index contributed by atoms with van der Waals surface area (Å²) in [6.07, 6.45) is 13.1. The van der Waals surface area contributed by atoms with Crippen LogP contribution in [0.2, 0.25) is 25.7 Å². The van der Waals surface area contributed by atoms with Crippen LogP contribution in [0.15, 0.2) is 42.6 Å². The van der Waals surface area contributed by atoms with Crippen LogP contribution in [-0.2, 0) is 16.2 Å². The van der Waals surface area contributed by atoms with Gasteiger partial charge in [0.15, 0.2) is 5.69 Å². The highest BCUT2D eigenvalue weighted by molar-refractivity contribution is 6.76. The van der Waals surface area contributed by atoms with E-state index in [1.807, 2.05) is 43.4 Å². The average molecular weight is 602 g/mol. The largest absolute Gasteiger partial charge is 0.393 e. The molecular weight excluding hydrogens is 558 g/mol. The lowest BCUT2D eigenvalue weighted by Crippen LogP contribution is -2.40. The molecule has 10 heteroatoms. The molecule has 4 heterocycles. The second-order valence-electron chi connectivity index (χ2n) is 14.2. The molecule has 43 heavy (non-hydrogen) atoms. The molecule has 2 aromatic heterocycles. The quantitative estimate of drug-likeness (QED) is 0.190. The summed E-state index contributed by atoms with van der Waals surface area (Å²) in [4.78, 5) is 23.0. The first kappa shape index (κ1) is 31.1. The number of ether oxygens (including phenoxy) is 2. The normalized spacial score (nSPS) is 24.3. The van der Waals surface area contributed by atoms with Crippen molar-refractivity contribution in [3.05, 3.63) is 65.5 Å². The van der Waals surface area contributed by atoms with Crippen molar-refractivity contribution in [2.45, 2.75) is 90.1 Å². The maximum absolute atomic E-state index is 13.6. The molecule has 0 fully saturated rings. The zero-order valence-corrected chi connectivity index (χ0v) is 27.2. The molecule has 228 valence electrons. The number of allylic oxidation sites excluding steroid dienone is 2. The van der Waals surface area contributed by atoms with E-state index in [0.29, 0.717) is 18.7 Å². The van der Waals surface area contributed by atoms with Crippen LogP contribution in [0, 0.1) is 16.7 Å². The number of anilines is 1. The highest BCUT2D eigenvalue weighted by Gasteiger charge is 2.45. The van der Waals surface area contributed by atoms with Gasteiger partial charge in [-0.15, -0.1) is 0 Å². The summed E-state index contributed by atoms with van der Waals surface area (Å²) in [6, 6.07) is 6.83. The number of amides is 1. The van der Waals surface area contributed by atoms with Crippen molar-refractivity contribution in [1.82, 2.24) is 14.5 Å². The molecule has 2 bridgehead atoms. The predicted molar refractivity (Wildman–Crippen MR) is 170 cm³/mol. The van der Waals surface area contributed by atoms with Crippen molar-refractivity contribution < 1.29 is 19.4 Å². The summed E-state index contributed by atoms with van der Waals surface area (Å²) in [7, 11) is -1.27. The number of hydrogen-bond donors (Lipinski definition) is 2. The van der Waals surface area contributed by atoms with Crippen LogP contribution in [0.25, 0.3) is 11.1 Å². The van der Waals surface area contributed by atoms with Gasteiger partial charge in [0.25, 0.3) is 5.91 Å². The van der Waals surface area contributed by atoms with Crippen molar-refractivity contribution in [3.8, 4) is 6.07 Å². The van der Waals surface area contributed by atoms with E-state index in [2.05, 4.69) is 49.9 Å². The second-order valence-corrected chi connectivity index (χ2v) is 19.9. The van der Waals surface area contributed by atoms with Gasteiger partial charge >= 0.3 is 0 Å². The number of carbonyl (C=O) groups excluding carboxylic acids is 1. The molecule has 1 aliphatic carbocycles. The third kappa shape index (κ3) is 7.07. The molecule has 2 aliphatic heterocycles. The lowest BCUT2D eigenvalue weighted by atomic mass is 9.77. The third-order valence-corrected chi connectivity index (χ3v) is 10.1. The Bertz CT molecular complexity index is 1540. The minimum absolute atomic E-state index is 0.117. The number of carbonyl (C=O) groups is 1. The summed E-state index contributed by atoms with van der Waals surface area (Å²) in [5, 5.41) is 22.6. The van der Waals surface area contributed by atoms with Crippen molar-refractivity contribution >= 4 is 30.8 Å². The van der Waals surface area contributed by atoms with Crippen LogP contribution in [0.1, 0.15) is 74.2 Å². The molecule has 0 saturated carbocycles. The zero-order chi connectivity index (χ0) is 31.0. The number of hydrogen-bond acceptors (Lipinski definition) is 7. The molecule has 0 radical (unpaired) electrons. The summed E-state index contributed by atoms with van der Waals surface area (Å²) in [6.45, 7) is 14.0. The van der Waals surface area contributed by atoms with Crippen LogP contribution in [0.5, 0.6) is 0 Å². The van der Waals surface area contributed by atoms with Crippen molar-refractivity contribution in [2.24, 2.45) is 5.41 Å². The topological polar surface area (TPSA) is 122 Å². The molecule has 0 aromatic carbocycles. The van der Waals surface area contributed by atoms with Crippen LogP contribution in [0.3, 0.4) is 0 Å². The van der Waals surface area contributed by atoms with Gasteiger partial charge < -0.3 is 24.5 Å². The van der Waals surface area contributed by atoms with E-state index in [0.717, 1.165) is 47.8 Å². The first-order valence-corrected chi connectivity index (χ1v) is 18.7. The highest BCUT2D eigenvalue weighted by atomic mass is 28.3. The van der Waals surface area contributed by atoms with E-state index in [-0.39, 0.29) is 30.3 Å². The van der Waals surface area contributed by atoms with E-state index in [1.165, 1.54) is 0 Å². The van der Waals surface area contributed by atoms with Crippen LogP contribution >= 0.6 is 0 Å². The van der Waals surface area contributed by atoms with Crippen LogP contribution in [-0.4, -0.2) is 58.0 Å². The van der Waals surface area contributed by atoms with Gasteiger partial charge in [-0.2, -0.15) is 5.26 Å². The third-order valence-electron chi connectivity index (χ3n) is 8.42. The average Bonchev–Trinajstić information content (AvgIpc) is 3.48. The number of aliphatic hydroxyl groups excluding tert-OH is 1. The number of imidazole rings is 1. The number of nitrogens with one attached hydrogen (secondary N) is 1. The summed E-state index contributed by atoms with van der Waals surface area (Å²) in [5.41, 5.74) is 3.18. The number of rotatable bonds is 10. The van der Waals surface area contributed by atoms with E-state index in [9.17, 15) is 15.2 Å². The Morgan fingerprint density at radius 3 is 2.67 bits per heavy atom. The second kappa shape index (κ2) is 11.6. The molecular formula is C33H43N5O4Si. The van der Waals surface area contributed by atoms with Gasteiger partial charge in [-0.25, -0.2) is 9.97 Å². The van der Waals surface area contributed by atoms with Gasteiger partial charge in [0.05, 0.1) is 29.3 Å². The van der Waals surface area contributed by atoms with E-state index in [4.69, 9.17) is 14.5 Å². The van der Waals surface area contributed by atoms with E-state index in [1.54, 1.807) is 10.8 Å². The number of aliphatic hydroxyl groups is 1. The minimum Gasteiger partial charge on any atom is -0.393 e. The Balaban J connectivity index is 1.45. The molecule has 5 rings (SSSR count).